The van der Waals surface area contributed by atoms with Crippen LogP contribution in [0.25, 0.3) is 44.2 Å². The summed E-state index contributed by atoms with van der Waals surface area (Å²) >= 11 is 0. The molecular weight excluding hydrogens is 597 g/mol. The largest absolute Gasteiger partial charge is 0.333 e. The van der Waals surface area contributed by atoms with Crippen LogP contribution in [0.4, 0.5) is 11.4 Å². The molecule has 0 spiro atoms. The van der Waals surface area contributed by atoms with Crippen LogP contribution in [0.15, 0.2) is 157 Å². The molecule has 49 heavy (non-hydrogen) atoms. The van der Waals surface area contributed by atoms with Crippen LogP contribution in [0.1, 0.15) is 30.4 Å². The molecule has 3 aliphatic rings. The van der Waals surface area contributed by atoms with E-state index in [1.807, 2.05) is 25.1 Å². The number of allylic oxidation sites excluding steroid dienone is 6. The maximum atomic E-state index is 10.3. The van der Waals surface area contributed by atoms with Crippen molar-refractivity contribution in [2.24, 2.45) is 5.41 Å². The molecule has 1 aliphatic heterocycles. The summed E-state index contributed by atoms with van der Waals surface area (Å²) in [5.41, 5.74) is 11.0. The monoisotopic (exact) mass is 628 g/mol. The zero-order valence-electron chi connectivity index (χ0n) is 27.1. The second-order valence-electron chi connectivity index (χ2n) is 13.4. The predicted molar refractivity (Wildman–Crippen MR) is 200 cm³/mol. The Bertz CT molecular complexity index is 2520. The van der Waals surface area contributed by atoms with Gasteiger partial charge in [-0.3, -0.25) is 0 Å². The summed E-state index contributed by atoms with van der Waals surface area (Å²) in [5.74, 6) is 0.0950. The van der Waals surface area contributed by atoms with Gasteiger partial charge in [0.2, 0.25) is 0 Å². The lowest BCUT2D eigenvalue weighted by atomic mass is 9.77. The highest BCUT2D eigenvalue weighted by atomic mass is 15.2. The minimum absolute atomic E-state index is 0.0621. The smallest absolute Gasteiger partial charge is 0.0994 e. The molecule has 4 heteroatoms. The first-order valence-corrected chi connectivity index (χ1v) is 16.8. The van der Waals surface area contributed by atoms with Gasteiger partial charge in [-0.1, -0.05) is 109 Å². The van der Waals surface area contributed by atoms with Gasteiger partial charge in [-0.25, -0.2) is 0 Å². The van der Waals surface area contributed by atoms with Gasteiger partial charge >= 0.3 is 0 Å². The summed E-state index contributed by atoms with van der Waals surface area (Å²) in [6.07, 6.45) is 13.4. The number of anilines is 2. The van der Waals surface area contributed by atoms with Crippen LogP contribution in [-0.4, -0.2) is 10.6 Å². The highest BCUT2D eigenvalue weighted by Crippen LogP contribution is 2.55. The number of rotatable bonds is 4. The van der Waals surface area contributed by atoms with Crippen molar-refractivity contribution >= 4 is 38.8 Å². The molecule has 2 heterocycles. The maximum absolute atomic E-state index is 10.3. The number of benzene rings is 5. The Balaban J connectivity index is 1.33. The van der Waals surface area contributed by atoms with Crippen molar-refractivity contribution < 1.29 is 0 Å². The predicted octanol–water partition coefficient (Wildman–Crippen LogP) is 10.9. The molecule has 5 aromatic carbocycles. The van der Waals surface area contributed by atoms with E-state index in [1.54, 1.807) is 0 Å². The van der Waals surface area contributed by atoms with Gasteiger partial charge in [-0.15, -0.1) is 0 Å². The zero-order chi connectivity index (χ0) is 33.1. The number of para-hydroxylation sites is 3. The summed E-state index contributed by atoms with van der Waals surface area (Å²) in [4.78, 5) is 2.44. The SMILES string of the molecule is CC1(C#N)C=C(c2ccc(-c3ccc4c(c3)c3ccccc3n4-c3ccccc3)c3c2N(c2ccccc2)C2C=CC=CC32)C(C#N)=CC1. The minimum Gasteiger partial charge on any atom is -0.333 e. The number of nitrogens with zero attached hydrogens (tertiary/aromatic N) is 4. The Kier molecular flexibility index (Phi) is 6.54. The van der Waals surface area contributed by atoms with E-state index < -0.39 is 5.41 Å². The molecule has 0 saturated heterocycles. The highest BCUT2D eigenvalue weighted by molar-refractivity contribution is 6.11. The van der Waals surface area contributed by atoms with Crippen LogP contribution in [0.3, 0.4) is 0 Å². The fourth-order valence-electron chi connectivity index (χ4n) is 8.10. The van der Waals surface area contributed by atoms with Crippen molar-refractivity contribution in [2.45, 2.75) is 25.3 Å². The maximum Gasteiger partial charge on any atom is 0.0994 e. The molecule has 2 aliphatic carbocycles. The van der Waals surface area contributed by atoms with Gasteiger partial charge in [0.1, 0.15) is 0 Å². The third-order valence-electron chi connectivity index (χ3n) is 10.4. The van der Waals surface area contributed by atoms with Crippen LogP contribution in [0, 0.1) is 28.1 Å². The molecule has 0 amide bonds. The van der Waals surface area contributed by atoms with E-state index in [0.29, 0.717) is 12.0 Å². The lowest BCUT2D eigenvalue weighted by Crippen LogP contribution is -2.29. The molecule has 1 aromatic heterocycles. The van der Waals surface area contributed by atoms with Crippen LogP contribution < -0.4 is 4.90 Å². The normalized spacial score (nSPS) is 20.8. The van der Waals surface area contributed by atoms with E-state index in [4.69, 9.17) is 0 Å². The van der Waals surface area contributed by atoms with E-state index >= 15 is 0 Å². The van der Waals surface area contributed by atoms with Crippen molar-refractivity contribution in [2.75, 3.05) is 4.90 Å². The molecule has 0 saturated carbocycles. The van der Waals surface area contributed by atoms with E-state index in [2.05, 4.69) is 155 Å². The number of nitriles is 2. The quantitative estimate of drug-likeness (QED) is 0.195. The van der Waals surface area contributed by atoms with E-state index in [1.165, 1.54) is 32.9 Å². The molecule has 0 bridgehead atoms. The fourth-order valence-corrected chi connectivity index (χ4v) is 8.10. The number of aromatic nitrogens is 1. The molecule has 6 aromatic rings. The molecule has 9 rings (SSSR count). The summed E-state index contributed by atoms with van der Waals surface area (Å²) in [5, 5.41) is 22.9. The summed E-state index contributed by atoms with van der Waals surface area (Å²) in [6, 6.07) is 46.0. The van der Waals surface area contributed by atoms with Gasteiger partial charge in [0.05, 0.1) is 45.9 Å². The Labute approximate surface area is 286 Å². The summed E-state index contributed by atoms with van der Waals surface area (Å²) in [7, 11) is 0. The Morgan fingerprint density at radius 1 is 0.714 bits per heavy atom. The Morgan fingerprint density at radius 2 is 1.41 bits per heavy atom. The first kappa shape index (κ1) is 28.8. The van der Waals surface area contributed by atoms with E-state index in [9.17, 15) is 10.5 Å². The van der Waals surface area contributed by atoms with E-state index in [-0.39, 0.29) is 12.0 Å². The summed E-state index contributed by atoms with van der Waals surface area (Å²) in [6.45, 7) is 1.95. The van der Waals surface area contributed by atoms with Gasteiger partial charge in [-0.05, 0) is 78.1 Å². The second-order valence-corrected chi connectivity index (χ2v) is 13.4. The van der Waals surface area contributed by atoms with Gasteiger partial charge in [0.25, 0.3) is 0 Å². The Morgan fingerprint density at radius 3 is 2.18 bits per heavy atom. The Hall–Kier alpha value is -6.36. The minimum atomic E-state index is -0.692. The number of fused-ring (bicyclic) bond motifs is 6. The third-order valence-corrected chi connectivity index (χ3v) is 10.4. The third kappa shape index (κ3) is 4.42. The van der Waals surface area contributed by atoms with Crippen molar-refractivity contribution in [1.82, 2.24) is 4.57 Å². The molecule has 0 radical (unpaired) electrons. The van der Waals surface area contributed by atoms with Gasteiger partial charge in [0.15, 0.2) is 0 Å². The first-order valence-electron chi connectivity index (χ1n) is 16.8. The zero-order valence-corrected chi connectivity index (χ0v) is 27.1. The van der Waals surface area contributed by atoms with Gasteiger partial charge in [0, 0.05) is 33.6 Å². The second kappa shape index (κ2) is 11.1. The summed E-state index contributed by atoms with van der Waals surface area (Å²) < 4.78 is 2.35. The average molecular weight is 629 g/mol. The standard InChI is InChI=1S/C45H32N4/c1-45(29-47)25-24-31(28-46)39(27-45)36-22-21-34(43-37-17-9-11-19-41(37)49(44(36)43)33-14-6-3-7-15-33)30-20-23-42-38(26-30)35-16-8-10-18-40(35)48(42)32-12-4-2-5-13-32/h2-24,26-27,37,41H,25H2,1H3. The average Bonchev–Trinajstić information content (AvgIpc) is 3.68. The number of hydrogen-bond donors (Lipinski definition) is 0. The van der Waals surface area contributed by atoms with Crippen molar-refractivity contribution in [3.63, 3.8) is 0 Å². The molecule has 4 nitrogen and oxygen atoms in total. The van der Waals surface area contributed by atoms with Crippen LogP contribution >= 0.6 is 0 Å². The first-order chi connectivity index (χ1) is 24.1. The molecule has 232 valence electrons. The highest BCUT2D eigenvalue weighted by Gasteiger charge is 2.42. The molecule has 3 unspecified atom stereocenters. The molecule has 3 atom stereocenters. The van der Waals surface area contributed by atoms with Crippen molar-refractivity contribution in [3.8, 4) is 29.0 Å². The van der Waals surface area contributed by atoms with E-state index in [0.717, 1.165) is 33.8 Å². The van der Waals surface area contributed by atoms with Crippen LogP contribution in [0.5, 0.6) is 0 Å². The van der Waals surface area contributed by atoms with Crippen LogP contribution in [-0.2, 0) is 0 Å². The van der Waals surface area contributed by atoms with Gasteiger partial charge in [-0.2, -0.15) is 10.5 Å². The van der Waals surface area contributed by atoms with Crippen molar-refractivity contribution in [3.05, 3.63) is 168 Å². The number of hydrogen-bond acceptors (Lipinski definition) is 3. The van der Waals surface area contributed by atoms with Crippen molar-refractivity contribution in [1.29, 1.82) is 10.5 Å². The molecular formula is C45H32N4. The topological polar surface area (TPSA) is 55.8 Å². The molecule has 0 N–H and O–H groups in total. The lowest BCUT2D eigenvalue weighted by Gasteiger charge is -2.31. The fraction of sp³-hybridized carbons (Fsp3) is 0.111. The molecule has 0 fully saturated rings. The van der Waals surface area contributed by atoms with Crippen LogP contribution in [0.2, 0.25) is 0 Å². The van der Waals surface area contributed by atoms with Gasteiger partial charge < -0.3 is 9.47 Å². The lowest BCUT2D eigenvalue weighted by molar-refractivity contribution is 0.574.